The second kappa shape index (κ2) is 3.60. The van der Waals surface area contributed by atoms with E-state index in [1.807, 2.05) is 6.07 Å². The Hall–Kier alpha value is -1.05. The van der Waals surface area contributed by atoms with Crippen LogP contribution in [0.2, 0.25) is 0 Å². The second-order valence-corrected chi connectivity index (χ2v) is 4.21. The van der Waals surface area contributed by atoms with Crippen molar-refractivity contribution in [3.05, 3.63) is 29.6 Å². The van der Waals surface area contributed by atoms with Crippen molar-refractivity contribution in [1.29, 1.82) is 0 Å². The van der Waals surface area contributed by atoms with E-state index in [1.165, 1.54) is 12.8 Å². The van der Waals surface area contributed by atoms with Crippen LogP contribution in [0.25, 0.3) is 0 Å². The van der Waals surface area contributed by atoms with Crippen molar-refractivity contribution in [2.24, 2.45) is 5.92 Å². The first-order valence-corrected chi connectivity index (χ1v) is 5.20. The molecular weight excluding hydrogens is 177 g/mol. The van der Waals surface area contributed by atoms with Crippen molar-refractivity contribution in [2.75, 3.05) is 5.32 Å². The van der Waals surface area contributed by atoms with Gasteiger partial charge < -0.3 is 5.32 Å². The zero-order valence-electron chi connectivity index (χ0n) is 8.68. The Morgan fingerprint density at radius 1 is 1.43 bits per heavy atom. The Morgan fingerprint density at radius 2 is 2.14 bits per heavy atom. The summed E-state index contributed by atoms with van der Waals surface area (Å²) in [6, 6.07) is 5.88. The van der Waals surface area contributed by atoms with Gasteiger partial charge in [0.05, 0.1) is 5.69 Å². The number of rotatable bonds is 3. The fraction of sp³-hybridized carbons (Fsp3) is 0.500. The minimum absolute atomic E-state index is 0.111. The van der Waals surface area contributed by atoms with Crippen LogP contribution in [0.15, 0.2) is 18.2 Å². The van der Waals surface area contributed by atoms with Crippen molar-refractivity contribution < 1.29 is 4.39 Å². The van der Waals surface area contributed by atoms with Gasteiger partial charge in [0.1, 0.15) is 5.82 Å². The van der Waals surface area contributed by atoms with Crippen LogP contribution in [0.1, 0.15) is 25.3 Å². The quantitative estimate of drug-likeness (QED) is 0.776. The van der Waals surface area contributed by atoms with E-state index >= 15 is 0 Å². The van der Waals surface area contributed by atoms with E-state index in [2.05, 4.69) is 12.2 Å². The Bertz CT molecular complexity index is 331. The number of benzene rings is 1. The summed E-state index contributed by atoms with van der Waals surface area (Å²) in [5.74, 6) is 0.634. The number of halogens is 1. The van der Waals surface area contributed by atoms with Gasteiger partial charge in [-0.05, 0) is 44.2 Å². The lowest BCUT2D eigenvalue weighted by Crippen LogP contribution is -2.18. The minimum Gasteiger partial charge on any atom is -0.380 e. The van der Waals surface area contributed by atoms with Gasteiger partial charge in [-0.3, -0.25) is 0 Å². The molecule has 1 N–H and O–H groups in total. The summed E-state index contributed by atoms with van der Waals surface area (Å²) in [5.41, 5.74) is 1.35. The summed E-state index contributed by atoms with van der Waals surface area (Å²) in [6.45, 7) is 3.92. The highest BCUT2D eigenvalue weighted by Gasteiger charge is 2.28. The normalized spacial score (nSPS) is 17.9. The molecule has 0 spiro atoms. The third-order valence-electron chi connectivity index (χ3n) is 2.90. The molecule has 0 heterocycles. The highest BCUT2D eigenvalue weighted by atomic mass is 19.1. The Balaban J connectivity index is 2.11. The molecule has 1 aromatic rings. The maximum atomic E-state index is 13.6. The van der Waals surface area contributed by atoms with Gasteiger partial charge in [0.2, 0.25) is 0 Å². The number of hydrogen-bond donors (Lipinski definition) is 1. The van der Waals surface area contributed by atoms with Gasteiger partial charge in [-0.2, -0.15) is 0 Å². The molecule has 1 aliphatic rings. The monoisotopic (exact) mass is 193 g/mol. The van der Waals surface area contributed by atoms with Crippen LogP contribution >= 0.6 is 0 Å². The smallest absolute Gasteiger partial charge is 0.149 e. The molecule has 2 heteroatoms. The van der Waals surface area contributed by atoms with Crippen molar-refractivity contribution in [1.82, 2.24) is 0 Å². The number of nitrogens with one attached hydrogen (secondary N) is 1. The van der Waals surface area contributed by atoms with E-state index in [-0.39, 0.29) is 5.82 Å². The molecule has 1 unspecified atom stereocenters. The molecule has 0 bridgehead atoms. The van der Waals surface area contributed by atoms with E-state index in [0.29, 0.717) is 17.3 Å². The van der Waals surface area contributed by atoms with E-state index in [9.17, 15) is 4.39 Å². The molecule has 0 amide bonds. The summed E-state index contributed by atoms with van der Waals surface area (Å²) in [7, 11) is 0. The van der Waals surface area contributed by atoms with E-state index in [4.69, 9.17) is 0 Å². The van der Waals surface area contributed by atoms with Crippen LogP contribution in [-0.2, 0) is 0 Å². The van der Waals surface area contributed by atoms with Crippen LogP contribution in [-0.4, -0.2) is 6.04 Å². The number of aryl methyl sites for hydroxylation is 1. The molecule has 1 saturated carbocycles. The van der Waals surface area contributed by atoms with Gasteiger partial charge in [0, 0.05) is 6.04 Å². The standard InChI is InChI=1S/C12H16FN/c1-8-4-3-5-11(12(8)13)14-9(2)10-6-7-10/h3-5,9-10,14H,6-7H2,1-2H3. The average Bonchev–Trinajstić information content (AvgIpc) is 2.95. The lowest BCUT2D eigenvalue weighted by molar-refractivity contribution is 0.611. The zero-order chi connectivity index (χ0) is 10.1. The Morgan fingerprint density at radius 3 is 2.79 bits per heavy atom. The van der Waals surface area contributed by atoms with Gasteiger partial charge in [0.25, 0.3) is 0 Å². The van der Waals surface area contributed by atoms with Crippen molar-refractivity contribution in [3.8, 4) is 0 Å². The summed E-state index contributed by atoms with van der Waals surface area (Å²) < 4.78 is 13.6. The SMILES string of the molecule is Cc1cccc(NC(C)C2CC2)c1F. The molecular formula is C12H16FN. The van der Waals surface area contributed by atoms with Gasteiger partial charge in [-0.15, -0.1) is 0 Å². The van der Waals surface area contributed by atoms with Crippen LogP contribution in [0.3, 0.4) is 0 Å². The summed E-state index contributed by atoms with van der Waals surface area (Å²) in [6.07, 6.45) is 2.56. The van der Waals surface area contributed by atoms with Crippen LogP contribution in [0.5, 0.6) is 0 Å². The molecule has 1 aromatic carbocycles. The minimum atomic E-state index is -0.111. The van der Waals surface area contributed by atoms with Crippen LogP contribution in [0, 0.1) is 18.7 Å². The van der Waals surface area contributed by atoms with E-state index < -0.39 is 0 Å². The summed E-state index contributed by atoms with van der Waals surface area (Å²) >= 11 is 0. The Kier molecular flexibility index (Phi) is 2.44. The number of anilines is 1. The van der Waals surface area contributed by atoms with Gasteiger partial charge in [0.15, 0.2) is 0 Å². The predicted octanol–water partition coefficient (Wildman–Crippen LogP) is 3.34. The fourth-order valence-electron chi connectivity index (χ4n) is 1.72. The molecule has 1 atom stereocenters. The maximum Gasteiger partial charge on any atom is 0.149 e. The van der Waals surface area contributed by atoms with Crippen LogP contribution < -0.4 is 5.32 Å². The average molecular weight is 193 g/mol. The molecule has 0 aliphatic heterocycles. The highest BCUT2D eigenvalue weighted by Crippen LogP contribution is 2.34. The Labute approximate surface area is 84.3 Å². The highest BCUT2D eigenvalue weighted by molar-refractivity contribution is 5.48. The largest absolute Gasteiger partial charge is 0.380 e. The fourth-order valence-corrected chi connectivity index (χ4v) is 1.72. The topological polar surface area (TPSA) is 12.0 Å². The summed E-state index contributed by atoms with van der Waals surface area (Å²) in [5, 5.41) is 3.24. The molecule has 0 radical (unpaired) electrons. The third kappa shape index (κ3) is 1.89. The molecule has 1 fully saturated rings. The first-order chi connectivity index (χ1) is 6.68. The molecule has 1 aliphatic carbocycles. The predicted molar refractivity (Wildman–Crippen MR) is 56.9 cm³/mol. The maximum absolute atomic E-state index is 13.6. The zero-order valence-corrected chi connectivity index (χ0v) is 8.68. The molecule has 1 nitrogen and oxygen atoms in total. The molecule has 2 rings (SSSR count). The van der Waals surface area contributed by atoms with Crippen LogP contribution in [0.4, 0.5) is 10.1 Å². The lowest BCUT2D eigenvalue weighted by atomic mass is 10.1. The van der Waals surface area contributed by atoms with Gasteiger partial charge >= 0.3 is 0 Å². The first kappa shape index (κ1) is 9.50. The molecule has 76 valence electrons. The van der Waals surface area contributed by atoms with Gasteiger partial charge in [-0.25, -0.2) is 4.39 Å². The van der Waals surface area contributed by atoms with E-state index in [0.717, 1.165) is 5.92 Å². The molecule has 14 heavy (non-hydrogen) atoms. The molecule has 0 aromatic heterocycles. The van der Waals surface area contributed by atoms with Crippen molar-refractivity contribution >= 4 is 5.69 Å². The van der Waals surface area contributed by atoms with Crippen molar-refractivity contribution in [3.63, 3.8) is 0 Å². The number of hydrogen-bond acceptors (Lipinski definition) is 1. The lowest BCUT2D eigenvalue weighted by Gasteiger charge is -2.15. The molecule has 0 saturated heterocycles. The van der Waals surface area contributed by atoms with Gasteiger partial charge in [-0.1, -0.05) is 12.1 Å². The second-order valence-electron chi connectivity index (χ2n) is 4.21. The first-order valence-electron chi connectivity index (χ1n) is 5.20. The third-order valence-corrected chi connectivity index (χ3v) is 2.90. The van der Waals surface area contributed by atoms with Crippen molar-refractivity contribution in [2.45, 2.75) is 32.7 Å². The van der Waals surface area contributed by atoms with E-state index in [1.54, 1.807) is 19.1 Å². The summed E-state index contributed by atoms with van der Waals surface area (Å²) in [4.78, 5) is 0.